The third-order valence-electron chi connectivity index (χ3n) is 6.31. The molecule has 0 fully saturated rings. The maximum Gasteiger partial charge on any atom is 0.241 e. The van der Waals surface area contributed by atoms with E-state index < -0.39 is 0 Å². The molecule has 175 valence electrons. The van der Waals surface area contributed by atoms with Crippen LogP contribution in [0.2, 0.25) is 0 Å². The van der Waals surface area contributed by atoms with Crippen molar-refractivity contribution in [1.82, 2.24) is 14.9 Å². The van der Waals surface area contributed by atoms with E-state index in [2.05, 4.69) is 35.0 Å². The summed E-state index contributed by atoms with van der Waals surface area (Å²) in [5.41, 5.74) is 6.10. The molecule has 0 saturated carbocycles. The number of imidazole rings is 1. The number of para-hydroxylation sites is 2. The second-order valence-electron chi connectivity index (χ2n) is 8.88. The van der Waals surface area contributed by atoms with Gasteiger partial charge in [-0.3, -0.25) is 4.79 Å². The van der Waals surface area contributed by atoms with Gasteiger partial charge in [0.2, 0.25) is 5.91 Å². The largest absolute Gasteiger partial charge is 0.322 e. The van der Waals surface area contributed by atoms with Crippen LogP contribution in [0, 0.1) is 19.7 Å². The van der Waals surface area contributed by atoms with Crippen molar-refractivity contribution < 1.29 is 9.18 Å². The molecule has 0 N–H and O–H groups in total. The Morgan fingerprint density at radius 1 is 0.941 bits per heavy atom. The average Bonchev–Trinajstić information content (AvgIpc) is 3.18. The number of carbonyl (C=O) groups is 1. The fourth-order valence-electron chi connectivity index (χ4n) is 4.19. The monoisotopic (exact) mass is 456 g/mol. The predicted octanol–water partition coefficient (Wildman–Crippen LogP) is 6.27. The van der Waals surface area contributed by atoms with Crippen LogP contribution in [-0.2, 0) is 24.3 Å². The highest BCUT2D eigenvalue weighted by molar-refractivity contribution is 5.77. The summed E-state index contributed by atoms with van der Waals surface area (Å²) in [6.45, 7) is 4.86. The smallest absolute Gasteiger partial charge is 0.241 e. The molecule has 0 aliphatic heterocycles. The van der Waals surface area contributed by atoms with Gasteiger partial charge in [-0.05, 0) is 73.6 Å². The molecule has 5 heteroatoms. The van der Waals surface area contributed by atoms with Gasteiger partial charge >= 0.3 is 0 Å². The SMILES string of the molecule is Cc1ccc(CCCCCC(=O)[N]Cc2nc3ccccc3n2Cc2ccccc2C)cc1F. The summed E-state index contributed by atoms with van der Waals surface area (Å²) >= 11 is 0. The van der Waals surface area contributed by atoms with Gasteiger partial charge in [0.1, 0.15) is 18.2 Å². The zero-order chi connectivity index (χ0) is 23.9. The third kappa shape index (κ3) is 5.90. The highest BCUT2D eigenvalue weighted by Gasteiger charge is 2.14. The number of nitrogens with zero attached hydrogens (tertiary/aromatic N) is 3. The molecule has 4 rings (SSSR count). The molecule has 1 heterocycles. The Bertz CT molecular complexity index is 1280. The van der Waals surface area contributed by atoms with Crippen LogP contribution in [0.3, 0.4) is 0 Å². The number of aromatic nitrogens is 2. The van der Waals surface area contributed by atoms with E-state index in [0.29, 0.717) is 18.5 Å². The summed E-state index contributed by atoms with van der Waals surface area (Å²) in [5.74, 6) is 0.565. The second kappa shape index (κ2) is 11.1. The normalized spacial score (nSPS) is 11.1. The lowest BCUT2D eigenvalue weighted by atomic mass is 10.0. The Kier molecular flexibility index (Phi) is 7.73. The molecule has 4 aromatic rings. The van der Waals surface area contributed by atoms with E-state index in [9.17, 15) is 9.18 Å². The number of rotatable bonds is 10. The molecular weight excluding hydrogens is 425 g/mol. The first kappa shape index (κ1) is 23.7. The molecule has 1 aromatic heterocycles. The summed E-state index contributed by atoms with van der Waals surface area (Å²) in [4.78, 5) is 17.2. The molecule has 0 aliphatic rings. The first-order chi connectivity index (χ1) is 16.5. The molecule has 0 spiro atoms. The van der Waals surface area contributed by atoms with Gasteiger partial charge in [-0.15, -0.1) is 0 Å². The Balaban J connectivity index is 1.30. The maximum atomic E-state index is 13.7. The van der Waals surface area contributed by atoms with Crippen molar-refractivity contribution in [3.05, 3.63) is 101 Å². The summed E-state index contributed by atoms with van der Waals surface area (Å²) in [5, 5.41) is 4.32. The summed E-state index contributed by atoms with van der Waals surface area (Å²) in [6, 6.07) is 21.8. The Morgan fingerprint density at radius 2 is 1.74 bits per heavy atom. The number of unbranched alkanes of at least 4 members (excludes halogenated alkanes) is 2. The van der Waals surface area contributed by atoms with E-state index >= 15 is 0 Å². The molecule has 0 aliphatic carbocycles. The maximum absolute atomic E-state index is 13.7. The molecular formula is C29H31FN3O. The highest BCUT2D eigenvalue weighted by Crippen LogP contribution is 2.20. The Labute approximate surface area is 200 Å². The number of benzene rings is 3. The first-order valence-electron chi connectivity index (χ1n) is 12.0. The van der Waals surface area contributed by atoms with Gasteiger partial charge < -0.3 is 4.57 Å². The molecule has 0 bridgehead atoms. The van der Waals surface area contributed by atoms with Crippen LogP contribution >= 0.6 is 0 Å². The summed E-state index contributed by atoms with van der Waals surface area (Å²) in [6.07, 6.45) is 3.90. The van der Waals surface area contributed by atoms with Crippen molar-refractivity contribution in [2.45, 2.75) is 59.0 Å². The van der Waals surface area contributed by atoms with Gasteiger partial charge in [-0.25, -0.2) is 14.7 Å². The van der Waals surface area contributed by atoms with Crippen molar-refractivity contribution in [3.63, 3.8) is 0 Å². The molecule has 1 amide bonds. The van der Waals surface area contributed by atoms with Crippen LogP contribution in [0.1, 0.15) is 53.8 Å². The van der Waals surface area contributed by atoms with Gasteiger partial charge in [-0.1, -0.05) is 55.0 Å². The van der Waals surface area contributed by atoms with E-state index in [0.717, 1.165) is 48.1 Å². The van der Waals surface area contributed by atoms with Crippen LogP contribution in [-0.4, -0.2) is 15.5 Å². The van der Waals surface area contributed by atoms with Crippen molar-refractivity contribution in [3.8, 4) is 0 Å². The van der Waals surface area contributed by atoms with Gasteiger partial charge in [0.25, 0.3) is 0 Å². The van der Waals surface area contributed by atoms with Crippen LogP contribution in [0.5, 0.6) is 0 Å². The second-order valence-corrected chi connectivity index (χ2v) is 8.88. The van der Waals surface area contributed by atoms with Crippen molar-refractivity contribution >= 4 is 16.9 Å². The van der Waals surface area contributed by atoms with Crippen molar-refractivity contribution in [2.24, 2.45) is 0 Å². The fourth-order valence-corrected chi connectivity index (χ4v) is 4.19. The topological polar surface area (TPSA) is 49.0 Å². The first-order valence-corrected chi connectivity index (χ1v) is 12.0. The van der Waals surface area contributed by atoms with Crippen LogP contribution in [0.4, 0.5) is 4.39 Å². The zero-order valence-electron chi connectivity index (χ0n) is 19.9. The van der Waals surface area contributed by atoms with E-state index in [-0.39, 0.29) is 18.3 Å². The number of hydrogen-bond acceptors (Lipinski definition) is 2. The number of hydrogen-bond donors (Lipinski definition) is 0. The van der Waals surface area contributed by atoms with Crippen LogP contribution in [0.15, 0.2) is 66.7 Å². The summed E-state index contributed by atoms with van der Waals surface area (Å²) < 4.78 is 15.8. The standard InChI is InChI=1S/C29H31FN3O/c1-21-10-6-7-12-24(21)20-33-27-14-9-8-13-26(27)32-28(33)19-31-29(34)15-5-3-4-11-23-17-16-22(2)25(30)18-23/h6-10,12-14,16-18H,3-5,11,15,19-20H2,1-2H3. The lowest BCUT2D eigenvalue weighted by Crippen LogP contribution is -2.18. The number of halogens is 1. The minimum atomic E-state index is -0.153. The molecule has 3 aromatic carbocycles. The van der Waals surface area contributed by atoms with Gasteiger partial charge in [0.05, 0.1) is 11.0 Å². The third-order valence-corrected chi connectivity index (χ3v) is 6.31. The molecule has 1 radical (unpaired) electrons. The van der Waals surface area contributed by atoms with Crippen molar-refractivity contribution in [1.29, 1.82) is 0 Å². The van der Waals surface area contributed by atoms with Crippen LogP contribution < -0.4 is 5.32 Å². The van der Waals surface area contributed by atoms with E-state index in [1.807, 2.05) is 42.5 Å². The van der Waals surface area contributed by atoms with E-state index in [1.165, 1.54) is 11.1 Å². The Morgan fingerprint density at radius 3 is 2.56 bits per heavy atom. The van der Waals surface area contributed by atoms with Gasteiger partial charge in [-0.2, -0.15) is 0 Å². The summed E-state index contributed by atoms with van der Waals surface area (Å²) in [7, 11) is 0. The number of fused-ring (bicyclic) bond motifs is 1. The zero-order valence-corrected chi connectivity index (χ0v) is 19.9. The van der Waals surface area contributed by atoms with Gasteiger partial charge in [0.15, 0.2) is 0 Å². The molecule has 4 nitrogen and oxygen atoms in total. The minimum absolute atomic E-state index is 0.0871. The lowest BCUT2D eigenvalue weighted by molar-refractivity contribution is -0.121. The lowest BCUT2D eigenvalue weighted by Gasteiger charge is -2.11. The van der Waals surface area contributed by atoms with Crippen molar-refractivity contribution in [2.75, 3.05) is 0 Å². The molecule has 0 saturated heterocycles. The number of carbonyl (C=O) groups excluding carboxylic acids is 1. The molecule has 0 atom stereocenters. The highest BCUT2D eigenvalue weighted by atomic mass is 19.1. The van der Waals surface area contributed by atoms with Crippen LogP contribution in [0.25, 0.3) is 11.0 Å². The van der Waals surface area contributed by atoms with Gasteiger partial charge in [0, 0.05) is 13.0 Å². The predicted molar refractivity (Wildman–Crippen MR) is 134 cm³/mol. The van der Waals surface area contributed by atoms with E-state index in [1.54, 1.807) is 13.0 Å². The average molecular weight is 457 g/mol. The number of amides is 1. The molecule has 0 unspecified atom stereocenters. The quantitative estimate of drug-likeness (QED) is 0.264. The minimum Gasteiger partial charge on any atom is -0.322 e. The number of aryl methyl sites for hydroxylation is 3. The molecule has 34 heavy (non-hydrogen) atoms. The van der Waals surface area contributed by atoms with E-state index in [4.69, 9.17) is 4.98 Å². The fraction of sp³-hybridized carbons (Fsp3) is 0.310. The Hall–Kier alpha value is -3.47.